The lowest BCUT2D eigenvalue weighted by Crippen LogP contribution is -2.02. The van der Waals surface area contributed by atoms with Gasteiger partial charge in [0.05, 0.1) is 6.10 Å². The standard InChI is InChI=1S/C16H16O/c1-11-10-13-8-5-9-14(15(13)16(11)17)12-6-3-2-4-7-12/h2-9,11,16-17H,10H2,1H3. The molecule has 3 rings (SSSR count). The van der Waals surface area contributed by atoms with E-state index in [1.54, 1.807) is 0 Å². The van der Waals surface area contributed by atoms with E-state index < -0.39 is 0 Å². The molecule has 0 amide bonds. The molecule has 2 unspecified atom stereocenters. The zero-order valence-electron chi connectivity index (χ0n) is 9.93. The van der Waals surface area contributed by atoms with Crippen LogP contribution in [-0.4, -0.2) is 5.11 Å². The maximum absolute atomic E-state index is 10.3. The fourth-order valence-electron chi connectivity index (χ4n) is 2.75. The van der Waals surface area contributed by atoms with Gasteiger partial charge < -0.3 is 5.11 Å². The Kier molecular flexibility index (Phi) is 2.49. The van der Waals surface area contributed by atoms with Gasteiger partial charge in [0.25, 0.3) is 0 Å². The summed E-state index contributed by atoms with van der Waals surface area (Å²) in [6.45, 7) is 2.11. The summed E-state index contributed by atoms with van der Waals surface area (Å²) >= 11 is 0. The molecule has 2 atom stereocenters. The Hall–Kier alpha value is -1.60. The summed E-state index contributed by atoms with van der Waals surface area (Å²) < 4.78 is 0. The van der Waals surface area contributed by atoms with Crippen molar-refractivity contribution in [3.8, 4) is 11.1 Å². The van der Waals surface area contributed by atoms with Gasteiger partial charge in [-0.1, -0.05) is 55.5 Å². The molecule has 1 heteroatoms. The van der Waals surface area contributed by atoms with Gasteiger partial charge in [0, 0.05) is 0 Å². The Balaban J connectivity index is 2.18. The number of aliphatic hydroxyl groups excluding tert-OH is 1. The minimum atomic E-state index is -0.318. The molecule has 1 aliphatic carbocycles. The topological polar surface area (TPSA) is 20.2 Å². The van der Waals surface area contributed by atoms with E-state index in [9.17, 15) is 5.11 Å². The van der Waals surface area contributed by atoms with Crippen LogP contribution >= 0.6 is 0 Å². The van der Waals surface area contributed by atoms with Crippen LogP contribution in [0.4, 0.5) is 0 Å². The molecule has 0 spiro atoms. The maximum atomic E-state index is 10.3. The molecule has 0 heterocycles. The lowest BCUT2D eigenvalue weighted by molar-refractivity contribution is 0.133. The van der Waals surface area contributed by atoms with Crippen molar-refractivity contribution >= 4 is 0 Å². The van der Waals surface area contributed by atoms with E-state index in [-0.39, 0.29) is 6.10 Å². The third kappa shape index (κ3) is 1.67. The minimum absolute atomic E-state index is 0.318. The fraction of sp³-hybridized carbons (Fsp3) is 0.250. The molecular formula is C16H16O. The second-order valence-corrected chi connectivity index (χ2v) is 4.87. The number of aliphatic hydroxyl groups is 1. The summed E-state index contributed by atoms with van der Waals surface area (Å²) in [7, 11) is 0. The molecule has 86 valence electrons. The molecule has 2 aromatic rings. The summed E-state index contributed by atoms with van der Waals surface area (Å²) in [5.74, 6) is 0.329. The third-order valence-electron chi connectivity index (χ3n) is 3.66. The molecule has 0 fully saturated rings. The highest BCUT2D eigenvalue weighted by atomic mass is 16.3. The van der Waals surface area contributed by atoms with Crippen LogP contribution < -0.4 is 0 Å². The summed E-state index contributed by atoms with van der Waals surface area (Å²) in [5, 5.41) is 10.3. The molecule has 0 aromatic heterocycles. The first-order chi connectivity index (χ1) is 8.27. The van der Waals surface area contributed by atoms with E-state index in [0.717, 1.165) is 12.0 Å². The summed E-state index contributed by atoms with van der Waals surface area (Å²) in [5.41, 5.74) is 4.80. The van der Waals surface area contributed by atoms with Gasteiger partial charge in [0.2, 0.25) is 0 Å². The zero-order valence-corrected chi connectivity index (χ0v) is 9.93. The monoisotopic (exact) mass is 224 g/mol. The summed E-state index contributed by atoms with van der Waals surface area (Å²) in [6.07, 6.45) is 0.665. The Labute approximate surface area is 102 Å². The van der Waals surface area contributed by atoms with E-state index in [1.165, 1.54) is 16.7 Å². The first kappa shape index (κ1) is 10.5. The van der Waals surface area contributed by atoms with Crippen LogP contribution in [0.15, 0.2) is 48.5 Å². The Bertz CT molecular complexity index is 530. The molecule has 1 N–H and O–H groups in total. The van der Waals surface area contributed by atoms with Crippen molar-refractivity contribution < 1.29 is 5.11 Å². The van der Waals surface area contributed by atoms with Crippen molar-refractivity contribution in [2.75, 3.05) is 0 Å². The van der Waals surface area contributed by atoms with Crippen molar-refractivity contribution in [3.63, 3.8) is 0 Å². The molecule has 1 nitrogen and oxygen atoms in total. The van der Waals surface area contributed by atoms with Gasteiger partial charge in [-0.3, -0.25) is 0 Å². The third-order valence-corrected chi connectivity index (χ3v) is 3.66. The van der Waals surface area contributed by atoms with E-state index in [1.807, 2.05) is 18.2 Å². The van der Waals surface area contributed by atoms with Gasteiger partial charge in [0.15, 0.2) is 0 Å². The molecule has 0 saturated carbocycles. The van der Waals surface area contributed by atoms with Crippen LogP contribution in [0.1, 0.15) is 24.2 Å². The SMILES string of the molecule is CC1Cc2cccc(-c3ccccc3)c2C1O. The Morgan fingerprint density at radius 2 is 1.76 bits per heavy atom. The smallest absolute Gasteiger partial charge is 0.0827 e. The predicted octanol–water partition coefficient (Wildman–Crippen LogP) is 3.58. The van der Waals surface area contributed by atoms with Gasteiger partial charge in [-0.05, 0) is 34.6 Å². The lowest BCUT2D eigenvalue weighted by atomic mass is 9.95. The van der Waals surface area contributed by atoms with Crippen molar-refractivity contribution in [3.05, 3.63) is 59.7 Å². The molecular weight excluding hydrogens is 208 g/mol. The second-order valence-electron chi connectivity index (χ2n) is 4.87. The van der Waals surface area contributed by atoms with Crippen LogP contribution in [-0.2, 0) is 6.42 Å². The van der Waals surface area contributed by atoms with Gasteiger partial charge >= 0.3 is 0 Å². The molecule has 1 aliphatic rings. The van der Waals surface area contributed by atoms with Crippen LogP contribution in [0, 0.1) is 5.92 Å². The summed E-state index contributed by atoms with van der Waals surface area (Å²) in [4.78, 5) is 0. The van der Waals surface area contributed by atoms with Crippen LogP contribution in [0.5, 0.6) is 0 Å². The number of rotatable bonds is 1. The molecule has 0 radical (unpaired) electrons. The molecule has 0 bridgehead atoms. The highest BCUT2D eigenvalue weighted by molar-refractivity contribution is 5.70. The number of benzene rings is 2. The first-order valence-electron chi connectivity index (χ1n) is 6.12. The lowest BCUT2D eigenvalue weighted by Gasteiger charge is -2.13. The molecule has 17 heavy (non-hydrogen) atoms. The zero-order chi connectivity index (χ0) is 11.8. The highest BCUT2D eigenvalue weighted by Gasteiger charge is 2.29. The molecule has 0 saturated heterocycles. The van der Waals surface area contributed by atoms with Gasteiger partial charge in [-0.2, -0.15) is 0 Å². The van der Waals surface area contributed by atoms with Crippen LogP contribution in [0.2, 0.25) is 0 Å². The molecule has 2 aromatic carbocycles. The van der Waals surface area contributed by atoms with Crippen LogP contribution in [0.3, 0.4) is 0 Å². The van der Waals surface area contributed by atoms with Gasteiger partial charge in [0.1, 0.15) is 0 Å². The molecule has 0 aliphatic heterocycles. The number of hydrogen-bond acceptors (Lipinski definition) is 1. The average molecular weight is 224 g/mol. The van der Waals surface area contributed by atoms with Crippen LogP contribution in [0.25, 0.3) is 11.1 Å². The Morgan fingerprint density at radius 1 is 1.00 bits per heavy atom. The van der Waals surface area contributed by atoms with E-state index in [0.29, 0.717) is 5.92 Å². The van der Waals surface area contributed by atoms with Gasteiger partial charge in [-0.25, -0.2) is 0 Å². The number of fused-ring (bicyclic) bond motifs is 1. The van der Waals surface area contributed by atoms with Crippen molar-refractivity contribution in [1.82, 2.24) is 0 Å². The second kappa shape index (κ2) is 4.01. The average Bonchev–Trinajstić information content (AvgIpc) is 2.66. The normalized spacial score (nSPS) is 22.5. The van der Waals surface area contributed by atoms with E-state index in [2.05, 4.69) is 37.3 Å². The van der Waals surface area contributed by atoms with Crippen molar-refractivity contribution in [2.24, 2.45) is 5.92 Å². The first-order valence-corrected chi connectivity index (χ1v) is 6.12. The highest BCUT2D eigenvalue weighted by Crippen LogP contribution is 2.41. The van der Waals surface area contributed by atoms with Gasteiger partial charge in [-0.15, -0.1) is 0 Å². The number of hydrogen-bond donors (Lipinski definition) is 1. The summed E-state index contributed by atoms with van der Waals surface area (Å²) in [6, 6.07) is 16.6. The quantitative estimate of drug-likeness (QED) is 0.785. The minimum Gasteiger partial charge on any atom is -0.388 e. The largest absolute Gasteiger partial charge is 0.388 e. The fourth-order valence-corrected chi connectivity index (χ4v) is 2.75. The predicted molar refractivity (Wildman–Crippen MR) is 69.7 cm³/mol. The maximum Gasteiger partial charge on any atom is 0.0827 e. The van der Waals surface area contributed by atoms with E-state index >= 15 is 0 Å². The van der Waals surface area contributed by atoms with Crippen molar-refractivity contribution in [2.45, 2.75) is 19.4 Å². The van der Waals surface area contributed by atoms with Crippen molar-refractivity contribution in [1.29, 1.82) is 0 Å². The van der Waals surface area contributed by atoms with E-state index in [4.69, 9.17) is 0 Å². The Morgan fingerprint density at radius 3 is 2.53 bits per heavy atom.